The average molecular weight is 482 g/mol. The molecule has 0 bridgehead atoms. The first-order valence-electron chi connectivity index (χ1n) is 11.6. The molecule has 2 atom stereocenters. The molecule has 2 saturated heterocycles. The standard InChI is InChI=1S/C23H30F3N5OS/c1-29-20(31-10-12-32-13-11-31)27-28-21(29)33-14-2-8-30-9-7-22(16-30)15-19(22)17-3-5-18(6-4-17)23(24,25)26/h3-6,19H,2,7-16H2,1H3/t19-,22+/m0/s1. The molecule has 0 amide bonds. The summed E-state index contributed by atoms with van der Waals surface area (Å²) in [6, 6.07) is 5.80. The predicted octanol–water partition coefficient (Wildman–Crippen LogP) is 4.03. The molecule has 180 valence electrons. The highest BCUT2D eigenvalue weighted by molar-refractivity contribution is 7.99. The first kappa shape index (κ1) is 23.0. The van der Waals surface area contributed by atoms with E-state index in [9.17, 15) is 13.2 Å². The molecule has 1 saturated carbocycles. The highest BCUT2D eigenvalue weighted by Crippen LogP contribution is 2.64. The molecule has 1 aromatic heterocycles. The lowest BCUT2D eigenvalue weighted by Gasteiger charge is -2.27. The first-order valence-corrected chi connectivity index (χ1v) is 12.6. The summed E-state index contributed by atoms with van der Waals surface area (Å²) in [5.41, 5.74) is 0.758. The maximum absolute atomic E-state index is 12.8. The van der Waals surface area contributed by atoms with Gasteiger partial charge >= 0.3 is 6.18 Å². The van der Waals surface area contributed by atoms with Crippen LogP contribution in [0.3, 0.4) is 0 Å². The maximum atomic E-state index is 12.8. The molecular weight excluding hydrogens is 451 g/mol. The summed E-state index contributed by atoms with van der Waals surface area (Å²) in [6.45, 7) is 6.32. The number of thioether (sulfide) groups is 1. The minimum absolute atomic E-state index is 0.267. The third-order valence-corrected chi connectivity index (χ3v) is 8.36. The Morgan fingerprint density at radius 3 is 2.61 bits per heavy atom. The summed E-state index contributed by atoms with van der Waals surface area (Å²) in [5, 5.41) is 9.68. The molecule has 1 aliphatic carbocycles. The van der Waals surface area contributed by atoms with E-state index in [1.54, 1.807) is 23.9 Å². The quantitative estimate of drug-likeness (QED) is 0.440. The van der Waals surface area contributed by atoms with Crippen molar-refractivity contribution >= 4 is 17.7 Å². The molecule has 6 nitrogen and oxygen atoms in total. The second kappa shape index (κ2) is 9.11. The highest BCUT2D eigenvalue weighted by atomic mass is 32.2. The van der Waals surface area contributed by atoms with Gasteiger partial charge in [-0.25, -0.2) is 0 Å². The molecule has 5 rings (SSSR count). The van der Waals surface area contributed by atoms with Crippen LogP contribution in [0, 0.1) is 5.41 Å². The second-order valence-corrected chi connectivity index (χ2v) is 10.5. The summed E-state index contributed by atoms with van der Waals surface area (Å²) in [6.07, 6.45) is -0.965. The van der Waals surface area contributed by atoms with Crippen LogP contribution < -0.4 is 4.90 Å². The molecule has 0 N–H and O–H groups in total. The van der Waals surface area contributed by atoms with Gasteiger partial charge in [-0.2, -0.15) is 13.2 Å². The fourth-order valence-electron chi connectivity index (χ4n) is 5.27. The Bertz CT molecular complexity index is 960. The molecule has 1 aromatic carbocycles. The van der Waals surface area contributed by atoms with Gasteiger partial charge in [-0.1, -0.05) is 23.9 Å². The summed E-state index contributed by atoms with van der Waals surface area (Å²) in [4.78, 5) is 4.73. The van der Waals surface area contributed by atoms with Crippen molar-refractivity contribution in [1.29, 1.82) is 0 Å². The van der Waals surface area contributed by atoms with E-state index in [1.165, 1.54) is 12.1 Å². The SMILES string of the molecule is Cn1c(SCCCN2CC[C@@]3(C[C@H]3c3ccc(C(F)(F)F)cc3)C2)nnc1N1CCOCC1. The van der Waals surface area contributed by atoms with Crippen molar-refractivity contribution in [3.05, 3.63) is 35.4 Å². The summed E-state index contributed by atoms with van der Waals surface area (Å²) >= 11 is 1.74. The molecule has 3 heterocycles. The zero-order valence-corrected chi connectivity index (χ0v) is 19.7. The summed E-state index contributed by atoms with van der Waals surface area (Å²) in [7, 11) is 2.02. The number of benzene rings is 1. The van der Waals surface area contributed by atoms with E-state index in [4.69, 9.17) is 4.74 Å². The lowest BCUT2D eigenvalue weighted by Crippen LogP contribution is -2.37. The van der Waals surface area contributed by atoms with E-state index in [1.807, 2.05) is 7.05 Å². The Balaban J connectivity index is 1.06. The fourth-order valence-corrected chi connectivity index (χ4v) is 6.10. The highest BCUT2D eigenvalue weighted by Gasteiger charge is 2.57. The summed E-state index contributed by atoms with van der Waals surface area (Å²) in [5.74, 6) is 2.29. The molecule has 10 heteroatoms. The minimum Gasteiger partial charge on any atom is -0.378 e. The Morgan fingerprint density at radius 1 is 1.12 bits per heavy atom. The number of aromatic nitrogens is 3. The average Bonchev–Trinajstić information content (AvgIpc) is 3.15. The molecule has 3 fully saturated rings. The van der Waals surface area contributed by atoms with Crippen molar-refractivity contribution in [2.75, 3.05) is 56.6 Å². The number of halogens is 3. The lowest BCUT2D eigenvalue weighted by atomic mass is 9.97. The van der Waals surface area contributed by atoms with Crippen molar-refractivity contribution in [3.63, 3.8) is 0 Å². The molecule has 33 heavy (non-hydrogen) atoms. The topological polar surface area (TPSA) is 46.4 Å². The smallest absolute Gasteiger partial charge is 0.378 e. The number of hydrogen-bond donors (Lipinski definition) is 0. The van der Waals surface area contributed by atoms with Crippen LogP contribution in [0.2, 0.25) is 0 Å². The summed E-state index contributed by atoms with van der Waals surface area (Å²) < 4.78 is 46.0. The molecule has 3 aliphatic rings. The number of alkyl halides is 3. The van der Waals surface area contributed by atoms with Gasteiger partial charge in [0.2, 0.25) is 5.95 Å². The normalized spacial score (nSPS) is 25.8. The zero-order valence-electron chi connectivity index (χ0n) is 18.9. The lowest BCUT2D eigenvalue weighted by molar-refractivity contribution is -0.137. The molecule has 1 spiro atoms. The Labute approximate surface area is 196 Å². The fraction of sp³-hybridized carbons (Fsp3) is 0.652. The van der Waals surface area contributed by atoms with Gasteiger partial charge in [-0.05, 0) is 61.4 Å². The monoisotopic (exact) mass is 481 g/mol. The molecule has 0 radical (unpaired) electrons. The maximum Gasteiger partial charge on any atom is 0.416 e. The zero-order chi connectivity index (χ0) is 23.1. The van der Waals surface area contributed by atoms with Gasteiger partial charge in [-0.3, -0.25) is 4.57 Å². The molecular formula is C23H30F3N5OS. The number of anilines is 1. The van der Waals surface area contributed by atoms with E-state index in [0.29, 0.717) is 5.92 Å². The van der Waals surface area contributed by atoms with Crippen molar-refractivity contribution in [1.82, 2.24) is 19.7 Å². The number of nitrogens with zero attached hydrogens (tertiary/aromatic N) is 5. The van der Waals surface area contributed by atoms with Crippen LogP contribution in [0.25, 0.3) is 0 Å². The third kappa shape index (κ3) is 4.88. The van der Waals surface area contributed by atoms with Gasteiger partial charge in [-0.15, -0.1) is 10.2 Å². The largest absolute Gasteiger partial charge is 0.416 e. The van der Waals surface area contributed by atoms with E-state index in [2.05, 4.69) is 24.6 Å². The van der Waals surface area contributed by atoms with Crippen LogP contribution in [-0.4, -0.2) is 71.4 Å². The van der Waals surface area contributed by atoms with Gasteiger partial charge in [0, 0.05) is 32.4 Å². The number of likely N-dealkylation sites (tertiary alicyclic amines) is 1. The van der Waals surface area contributed by atoms with E-state index >= 15 is 0 Å². The van der Waals surface area contributed by atoms with Crippen molar-refractivity contribution in [3.8, 4) is 0 Å². The van der Waals surface area contributed by atoms with Gasteiger partial charge < -0.3 is 14.5 Å². The van der Waals surface area contributed by atoms with Gasteiger partial charge in [0.25, 0.3) is 0 Å². The first-order chi connectivity index (χ1) is 15.9. The number of hydrogen-bond acceptors (Lipinski definition) is 6. The van der Waals surface area contributed by atoms with E-state index in [-0.39, 0.29) is 5.41 Å². The van der Waals surface area contributed by atoms with E-state index < -0.39 is 11.7 Å². The van der Waals surface area contributed by atoms with Gasteiger partial charge in [0.15, 0.2) is 5.16 Å². The van der Waals surface area contributed by atoms with Crippen molar-refractivity contribution in [2.24, 2.45) is 12.5 Å². The van der Waals surface area contributed by atoms with Crippen molar-refractivity contribution in [2.45, 2.75) is 36.5 Å². The van der Waals surface area contributed by atoms with E-state index in [0.717, 1.165) is 87.6 Å². The van der Waals surface area contributed by atoms with Crippen LogP contribution in [-0.2, 0) is 18.0 Å². The Hall–Kier alpha value is -1.78. The van der Waals surface area contributed by atoms with Crippen LogP contribution in [0.15, 0.2) is 29.4 Å². The molecule has 2 aromatic rings. The number of ether oxygens (including phenoxy) is 1. The number of morpholine rings is 1. The third-order valence-electron chi connectivity index (χ3n) is 7.25. The van der Waals surface area contributed by atoms with Gasteiger partial charge in [0.05, 0.1) is 18.8 Å². The van der Waals surface area contributed by atoms with Crippen LogP contribution in [0.1, 0.15) is 36.3 Å². The minimum atomic E-state index is -4.27. The number of rotatable bonds is 7. The van der Waals surface area contributed by atoms with Crippen LogP contribution in [0.4, 0.5) is 19.1 Å². The Morgan fingerprint density at radius 2 is 1.88 bits per heavy atom. The second-order valence-electron chi connectivity index (χ2n) is 9.41. The predicted molar refractivity (Wildman–Crippen MR) is 122 cm³/mol. The van der Waals surface area contributed by atoms with Gasteiger partial charge in [0.1, 0.15) is 0 Å². The van der Waals surface area contributed by atoms with Crippen LogP contribution in [0.5, 0.6) is 0 Å². The van der Waals surface area contributed by atoms with Crippen LogP contribution >= 0.6 is 11.8 Å². The Kier molecular flexibility index (Phi) is 6.35. The molecule has 0 unspecified atom stereocenters. The molecule has 2 aliphatic heterocycles. The van der Waals surface area contributed by atoms with Crippen molar-refractivity contribution < 1.29 is 17.9 Å².